The Morgan fingerprint density at radius 3 is 2.38 bits per heavy atom. The number of carbonyl (C=O) groups is 3. The molecule has 2 aromatic rings. The molecule has 1 aliphatic rings. The first-order chi connectivity index (χ1) is 13.8. The zero-order chi connectivity index (χ0) is 21.1. The summed E-state index contributed by atoms with van der Waals surface area (Å²) in [6.07, 6.45) is 1.24. The van der Waals surface area contributed by atoms with Gasteiger partial charge in [0.15, 0.2) is 0 Å². The van der Waals surface area contributed by atoms with Gasteiger partial charge in [0.25, 0.3) is 11.8 Å². The number of amides is 4. The molecule has 1 fully saturated rings. The van der Waals surface area contributed by atoms with Crippen LogP contribution in [0.5, 0.6) is 11.5 Å². The lowest BCUT2D eigenvalue weighted by Crippen LogP contribution is -2.54. The van der Waals surface area contributed by atoms with Crippen molar-refractivity contribution in [3.8, 4) is 11.5 Å². The molecule has 0 aliphatic carbocycles. The van der Waals surface area contributed by atoms with Gasteiger partial charge in [-0.15, -0.1) is 0 Å². The number of halogens is 1. The minimum atomic E-state index is -0.827. The highest BCUT2D eigenvalue weighted by Gasteiger charge is 2.37. The number of carbonyl (C=O) groups excluding carboxylic acids is 3. The number of hydrogen-bond acceptors (Lipinski definition) is 5. The first-order valence-corrected chi connectivity index (χ1v) is 9.19. The van der Waals surface area contributed by atoms with Crippen LogP contribution in [0.2, 0.25) is 5.02 Å². The predicted molar refractivity (Wildman–Crippen MR) is 109 cm³/mol. The Labute approximate surface area is 172 Å². The molecule has 4 amide bonds. The smallest absolute Gasteiger partial charge is 0.335 e. The fraction of sp³-hybridized carbons (Fsp3) is 0.190. The minimum absolute atomic E-state index is 0.124. The minimum Gasteiger partial charge on any atom is -0.497 e. The van der Waals surface area contributed by atoms with Gasteiger partial charge >= 0.3 is 6.03 Å². The highest BCUT2D eigenvalue weighted by atomic mass is 35.5. The third-order valence-corrected chi connectivity index (χ3v) is 4.30. The van der Waals surface area contributed by atoms with Crippen molar-refractivity contribution >= 4 is 41.2 Å². The predicted octanol–water partition coefficient (Wildman–Crippen LogP) is 3.80. The van der Waals surface area contributed by atoms with Gasteiger partial charge in [0, 0.05) is 10.6 Å². The van der Waals surface area contributed by atoms with E-state index in [1.807, 2.05) is 13.8 Å². The lowest BCUT2D eigenvalue weighted by molar-refractivity contribution is -0.122. The summed E-state index contributed by atoms with van der Waals surface area (Å²) in [7, 11) is 1.51. The molecule has 8 heteroatoms. The van der Waals surface area contributed by atoms with E-state index in [0.29, 0.717) is 27.8 Å². The largest absolute Gasteiger partial charge is 0.497 e. The molecule has 0 spiro atoms. The Morgan fingerprint density at radius 2 is 1.76 bits per heavy atom. The summed E-state index contributed by atoms with van der Waals surface area (Å²) in [6.45, 7) is 3.71. The molecule has 29 heavy (non-hydrogen) atoms. The van der Waals surface area contributed by atoms with Crippen LogP contribution in [0.25, 0.3) is 6.08 Å². The molecule has 0 saturated carbocycles. The van der Waals surface area contributed by atoms with Crippen molar-refractivity contribution in [2.24, 2.45) is 0 Å². The van der Waals surface area contributed by atoms with Gasteiger partial charge < -0.3 is 9.47 Å². The van der Waals surface area contributed by atoms with E-state index >= 15 is 0 Å². The van der Waals surface area contributed by atoms with E-state index < -0.39 is 17.8 Å². The first-order valence-electron chi connectivity index (χ1n) is 8.82. The second-order valence-electron chi connectivity index (χ2n) is 6.50. The Bertz CT molecular complexity index is 999. The van der Waals surface area contributed by atoms with Gasteiger partial charge in [0.05, 0.1) is 18.9 Å². The van der Waals surface area contributed by atoms with Crippen LogP contribution in [0.3, 0.4) is 0 Å². The van der Waals surface area contributed by atoms with Gasteiger partial charge in [-0.1, -0.05) is 11.6 Å². The number of urea groups is 1. The summed E-state index contributed by atoms with van der Waals surface area (Å²) < 4.78 is 10.8. The molecule has 2 aromatic carbocycles. The van der Waals surface area contributed by atoms with Crippen LogP contribution in [0.15, 0.2) is 48.0 Å². The maximum absolute atomic E-state index is 13.0. The van der Waals surface area contributed by atoms with Gasteiger partial charge in [-0.2, -0.15) is 0 Å². The third kappa shape index (κ3) is 4.41. The van der Waals surface area contributed by atoms with Crippen LogP contribution in [-0.2, 0) is 9.59 Å². The number of benzene rings is 2. The zero-order valence-corrected chi connectivity index (χ0v) is 16.8. The SMILES string of the molecule is COc1ccc(N2C(=O)NC(=O)/C(=C\c3cc(Cl)ccc3OC(C)C)C2=O)cc1. The van der Waals surface area contributed by atoms with Gasteiger partial charge in [-0.05, 0) is 62.4 Å². The molecule has 150 valence electrons. The molecule has 1 N–H and O–H groups in total. The molecule has 3 rings (SSSR count). The molecular formula is C21H19ClN2O5. The van der Waals surface area contributed by atoms with E-state index in [1.54, 1.807) is 42.5 Å². The fourth-order valence-corrected chi connectivity index (χ4v) is 2.95. The van der Waals surface area contributed by atoms with Crippen molar-refractivity contribution < 1.29 is 23.9 Å². The lowest BCUT2D eigenvalue weighted by atomic mass is 10.1. The second kappa shape index (κ2) is 8.36. The molecule has 0 aromatic heterocycles. The van der Waals surface area contributed by atoms with Crippen molar-refractivity contribution in [1.29, 1.82) is 0 Å². The zero-order valence-electron chi connectivity index (χ0n) is 16.1. The number of imide groups is 2. The summed E-state index contributed by atoms with van der Waals surface area (Å²) >= 11 is 6.07. The van der Waals surface area contributed by atoms with Gasteiger partial charge in [-0.25, -0.2) is 9.69 Å². The van der Waals surface area contributed by atoms with Crippen molar-refractivity contribution in [2.45, 2.75) is 20.0 Å². The molecule has 0 atom stereocenters. The second-order valence-corrected chi connectivity index (χ2v) is 6.94. The van der Waals surface area contributed by atoms with Crippen LogP contribution >= 0.6 is 11.6 Å². The van der Waals surface area contributed by atoms with Crippen LogP contribution in [-0.4, -0.2) is 31.1 Å². The lowest BCUT2D eigenvalue weighted by Gasteiger charge is -2.26. The molecule has 1 saturated heterocycles. The summed E-state index contributed by atoms with van der Waals surface area (Å²) in [5.41, 5.74) is 0.543. The maximum atomic E-state index is 13.0. The van der Waals surface area contributed by atoms with E-state index in [-0.39, 0.29) is 11.7 Å². The monoisotopic (exact) mass is 414 g/mol. The van der Waals surface area contributed by atoms with Gasteiger partial charge in [0.1, 0.15) is 17.1 Å². The number of hydrogen-bond donors (Lipinski definition) is 1. The molecule has 0 unspecified atom stereocenters. The van der Waals surface area contributed by atoms with Crippen molar-refractivity contribution in [2.75, 3.05) is 12.0 Å². The van der Waals surface area contributed by atoms with Crippen LogP contribution in [0, 0.1) is 0 Å². The number of nitrogens with one attached hydrogen (secondary N) is 1. The fourth-order valence-electron chi connectivity index (χ4n) is 2.77. The van der Waals surface area contributed by atoms with Crippen molar-refractivity contribution in [1.82, 2.24) is 5.32 Å². The van der Waals surface area contributed by atoms with Gasteiger partial charge in [-0.3, -0.25) is 14.9 Å². The Balaban J connectivity index is 2.02. The van der Waals surface area contributed by atoms with E-state index in [0.717, 1.165) is 4.90 Å². The Hall–Kier alpha value is -3.32. The number of nitrogens with zero attached hydrogens (tertiary/aromatic N) is 1. The van der Waals surface area contributed by atoms with Crippen molar-refractivity contribution in [3.05, 3.63) is 58.6 Å². The topological polar surface area (TPSA) is 84.9 Å². The first kappa shape index (κ1) is 20.4. The molecule has 0 radical (unpaired) electrons. The normalized spacial score (nSPS) is 15.7. The summed E-state index contributed by atoms with van der Waals surface area (Å²) in [5, 5.41) is 2.60. The maximum Gasteiger partial charge on any atom is 0.335 e. The Kier molecular flexibility index (Phi) is 5.89. The number of barbiturate groups is 1. The van der Waals surface area contributed by atoms with Gasteiger partial charge in [0.2, 0.25) is 0 Å². The number of methoxy groups -OCH3 is 1. The standard InChI is InChI=1S/C21H19ClN2O5/c1-12(2)29-18-9-4-14(22)10-13(18)11-17-19(25)23-21(27)24(20(17)26)15-5-7-16(28-3)8-6-15/h4-12H,1-3H3,(H,23,25,27)/b17-11+. The molecule has 1 heterocycles. The molecule has 1 aliphatic heterocycles. The third-order valence-electron chi connectivity index (χ3n) is 4.07. The van der Waals surface area contributed by atoms with Crippen LogP contribution in [0.4, 0.5) is 10.5 Å². The van der Waals surface area contributed by atoms with E-state index in [9.17, 15) is 14.4 Å². The summed E-state index contributed by atoms with van der Waals surface area (Å²) in [6, 6.07) is 10.4. The van der Waals surface area contributed by atoms with Crippen LogP contribution < -0.4 is 19.7 Å². The Morgan fingerprint density at radius 1 is 1.07 bits per heavy atom. The number of ether oxygens (including phenoxy) is 2. The van der Waals surface area contributed by atoms with E-state index in [2.05, 4.69) is 5.32 Å². The highest BCUT2D eigenvalue weighted by Crippen LogP contribution is 2.29. The summed E-state index contributed by atoms with van der Waals surface area (Å²) in [5.74, 6) is -0.509. The van der Waals surface area contributed by atoms with E-state index in [1.165, 1.54) is 13.2 Å². The summed E-state index contributed by atoms with van der Waals surface area (Å²) in [4.78, 5) is 38.6. The molecular weight excluding hydrogens is 396 g/mol. The highest BCUT2D eigenvalue weighted by molar-refractivity contribution is 6.39. The quantitative estimate of drug-likeness (QED) is 0.594. The average Bonchev–Trinajstić information content (AvgIpc) is 2.67. The number of rotatable bonds is 5. The van der Waals surface area contributed by atoms with Crippen LogP contribution in [0.1, 0.15) is 19.4 Å². The van der Waals surface area contributed by atoms with E-state index in [4.69, 9.17) is 21.1 Å². The molecule has 0 bridgehead atoms. The average molecular weight is 415 g/mol. The molecule has 7 nitrogen and oxygen atoms in total. The van der Waals surface area contributed by atoms with Crippen molar-refractivity contribution in [3.63, 3.8) is 0 Å². The number of anilines is 1.